The van der Waals surface area contributed by atoms with Gasteiger partial charge in [0.25, 0.3) is 0 Å². The van der Waals surface area contributed by atoms with Crippen LogP contribution in [0, 0.1) is 0 Å². The largest absolute Gasteiger partial charge is 0.489 e. The molecule has 0 radical (unpaired) electrons. The van der Waals surface area contributed by atoms with Crippen LogP contribution in [0.2, 0.25) is 0 Å². The molecule has 0 saturated carbocycles. The molecule has 112 valence electrons. The van der Waals surface area contributed by atoms with Crippen molar-refractivity contribution in [2.75, 3.05) is 11.1 Å². The molecule has 0 aliphatic heterocycles. The summed E-state index contributed by atoms with van der Waals surface area (Å²) in [6.45, 7) is 4.02. The number of ether oxygens (including phenoxy) is 1. The number of para-hydroxylation sites is 1. The van der Waals surface area contributed by atoms with E-state index in [4.69, 9.17) is 10.5 Å². The molecule has 4 heteroatoms. The number of nitrogens with two attached hydrogens (primary N) is 1. The van der Waals surface area contributed by atoms with Crippen molar-refractivity contribution in [2.45, 2.75) is 45.3 Å². The van der Waals surface area contributed by atoms with E-state index < -0.39 is 0 Å². The lowest BCUT2D eigenvalue weighted by molar-refractivity contribution is 0.244. The molecule has 1 aliphatic carbocycles. The standard InChI is InChI=1S/C17H22N2OS/c1-11(2)20-15-7-3-6-14(17(15)18)19-13-5-4-8-16-12(13)9-10-21-16/h3,6-7,9-11,13,19H,4-5,8,18H2,1-2H3. The minimum Gasteiger partial charge on any atom is -0.489 e. The molecule has 0 fully saturated rings. The average molecular weight is 302 g/mol. The molecule has 1 unspecified atom stereocenters. The quantitative estimate of drug-likeness (QED) is 0.811. The zero-order chi connectivity index (χ0) is 14.8. The Bertz CT molecular complexity index is 621. The maximum Gasteiger partial charge on any atom is 0.144 e. The van der Waals surface area contributed by atoms with E-state index in [1.807, 2.05) is 43.4 Å². The Labute approximate surface area is 130 Å². The summed E-state index contributed by atoms with van der Waals surface area (Å²) in [6, 6.07) is 8.55. The summed E-state index contributed by atoms with van der Waals surface area (Å²) in [5.41, 5.74) is 9.36. The Morgan fingerprint density at radius 3 is 3.00 bits per heavy atom. The van der Waals surface area contributed by atoms with Crippen molar-refractivity contribution in [3.63, 3.8) is 0 Å². The van der Waals surface area contributed by atoms with E-state index >= 15 is 0 Å². The van der Waals surface area contributed by atoms with Gasteiger partial charge in [-0.05, 0) is 62.3 Å². The fourth-order valence-corrected chi connectivity index (χ4v) is 3.84. The molecule has 0 spiro atoms. The van der Waals surface area contributed by atoms with Crippen molar-refractivity contribution in [3.8, 4) is 5.75 Å². The highest BCUT2D eigenvalue weighted by Gasteiger charge is 2.22. The predicted octanol–water partition coefficient (Wildman–Crippen LogP) is 4.61. The number of hydrogen-bond donors (Lipinski definition) is 2. The highest BCUT2D eigenvalue weighted by Crippen LogP contribution is 2.38. The number of hydrogen-bond acceptors (Lipinski definition) is 4. The molecule has 1 atom stereocenters. The first-order valence-electron chi connectivity index (χ1n) is 7.53. The Balaban J connectivity index is 1.83. The molecule has 1 aromatic heterocycles. The lowest BCUT2D eigenvalue weighted by Gasteiger charge is -2.26. The molecule has 2 aromatic rings. The number of rotatable bonds is 4. The zero-order valence-corrected chi connectivity index (χ0v) is 13.4. The van der Waals surface area contributed by atoms with E-state index in [9.17, 15) is 0 Å². The molecule has 1 aromatic carbocycles. The third kappa shape index (κ3) is 3.00. The minimum atomic E-state index is 0.126. The monoisotopic (exact) mass is 302 g/mol. The molecule has 3 nitrogen and oxygen atoms in total. The van der Waals surface area contributed by atoms with Gasteiger partial charge in [-0.2, -0.15) is 0 Å². The van der Waals surface area contributed by atoms with E-state index in [2.05, 4.69) is 16.8 Å². The molecule has 3 N–H and O–H groups in total. The van der Waals surface area contributed by atoms with Crippen LogP contribution in [0.3, 0.4) is 0 Å². The van der Waals surface area contributed by atoms with Crippen LogP contribution < -0.4 is 15.8 Å². The lowest BCUT2D eigenvalue weighted by Crippen LogP contribution is -2.17. The molecular formula is C17H22N2OS. The van der Waals surface area contributed by atoms with E-state index in [-0.39, 0.29) is 6.10 Å². The van der Waals surface area contributed by atoms with Crippen molar-refractivity contribution in [2.24, 2.45) is 0 Å². The van der Waals surface area contributed by atoms with Crippen molar-refractivity contribution < 1.29 is 4.74 Å². The molecule has 21 heavy (non-hydrogen) atoms. The summed E-state index contributed by atoms with van der Waals surface area (Å²) in [6.07, 6.45) is 3.71. The second kappa shape index (κ2) is 5.98. The number of thiophene rings is 1. The highest BCUT2D eigenvalue weighted by molar-refractivity contribution is 7.10. The maximum absolute atomic E-state index is 6.26. The number of nitrogen functional groups attached to an aromatic ring is 1. The van der Waals surface area contributed by atoms with Gasteiger partial charge < -0.3 is 15.8 Å². The van der Waals surface area contributed by atoms with Crippen LogP contribution in [0.25, 0.3) is 0 Å². The van der Waals surface area contributed by atoms with Crippen LogP contribution in [0.1, 0.15) is 43.2 Å². The molecular weight excluding hydrogens is 280 g/mol. The minimum absolute atomic E-state index is 0.126. The molecule has 0 bridgehead atoms. The highest BCUT2D eigenvalue weighted by atomic mass is 32.1. The summed E-state index contributed by atoms with van der Waals surface area (Å²) in [4.78, 5) is 1.51. The van der Waals surface area contributed by atoms with Gasteiger partial charge in [0.1, 0.15) is 5.75 Å². The average Bonchev–Trinajstić information content (AvgIpc) is 2.92. The van der Waals surface area contributed by atoms with E-state index in [1.165, 1.54) is 23.3 Å². The fraction of sp³-hybridized carbons (Fsp3) is 0.412. The fourth-order valence-electron chi connectivity index (χ4n) is 2.85. The molecule has 0 amide bonds. The van der Waals surface area contributed by atoms with Gasteiger partial charge in [-0.25, -0.2) is 0 Å². The molecule has 1 heterocycles. The number of anilines is 2. The van der Waals surface area contributed by atoms with Crippen LogP contribution in [0.15, 0.2) is 29.6 Å². The van der Waals surface area contributed by atoms with Crippen LogP contribution >= 0.6 is 11.3 Å². The van der Waals surface area contributed by atoms with Gasteiger partial charge >= 0.3 is 0 Å². The summed E-state index contributed by atoms with van der Waals surface area (Å²) in [5.74, 6) is 0.761. The van der Waals surface area contributed by atoms with Crippen LogP contribution in [0.5, 0.6) is 5.75 Å². The second-order valence-electron chi connectivity index (χ2n) is 5.77. The summed E-state index contributed by atoms with van der Waals surface area (Å²) in [5, 5.41) is 5.79. The Morgan fingerprint density at radius 1 is 1.33 bits per heavy atom. The van der Waals surface area contributed by atoms with Crippen LogP contribution in [-0.4, -0.2) is 6.10 Å². The number of benzene rings is 1. The third-order valence-corrected chi connectivity index (χ3v) is 4.81. The Morgan fingerprint density at radius 2 is 2.19 bits per heavy atom. The van der Waals surface area contributed by atoms with E-state index in [1.54, 1.807) is 0 Å². The predicted molar refractivity (Wildman–Crippen MR) is 90.2 cm³/mol. The van der Waals surface area contributed by atoms with Crippen molar-refractivity contribution in [1.29, 1.82) is 0 Å². The topological polar surface area (TPSA) is 47.3 Å². The third-order valence-electron chi connectivity index (χ3n) is 3.81. The molecule has 1 aliphatic rings. The Kier molecular flexibility index (Phi) is 4.06. The lowest BCUT2D eigenvalue weighted by atomic mass is 9.94. The van der Waals surface area contributed by atoms with Gasteiger partial charge in [0.2, 0.25) is 0 Å². The second-order valence-corrected chi connectivity index (χ2v) is 6.77. The van der Waals surface area contributed by atoms with E-state index in [0.29, 0.717) is 11.7 Å². The van der Waals surface area contributed by atoms with Gasteiger partial charge in [0, 0.05) is 4.88 Å². The number of aryl methyl sites for hydroxylation is 1. The number of fused-ring (bicyclic) bond motifs is 1. The van der Waals surface area contributed by atoms with Gasteiger partial charge in [0.05, 0.1) is 23.5 Å². The van der Waals surface area contributed by atoms with Crippen LogP contribution in [-0.2, 0) is 6.42 Å². The van der Waals surface area contributed by atoms with Crippen molar-refractivity contribution in [1.82, 2.24) is 0 Å². The number of nitrogens with one attached hydrogen (secondary N) is 1. The SMILES string of the molecule is CC(C)Oc1cccc(NC2CCCc3sccc32)c1N. The normalized spacial score (nSPS) is 17.6. The first kappa shape index (κ1) is 14.3. The first-order chi connectivity index (χ1) is 10.1. The van der Waals surface area contributed by atoms with Crippen LogP contribution in [0.4, 0.5) is 11.4 Å². The smallest absolute Gasteiger partial charge is 0.144 e. The first-order valence-corrected chi connectivity index (χ1v) is 8.41. The summed E-state index contributed by atoms with van der Waals surface area (Å²) in [7, 11) is 0. The Hall–Kier alpha value is -1.68. The van der Waals surface area contributed by atoms with E-state index in [0.717, 1.165) is 17.9 Å². The van der Waals surface area contributed by atoms with Crippen molar-refractivity contribution in [3.05, 3.63) is 40.1 Å². The summed E-state index contributed by atoms with van der Waals surface area (Å²) >= 11 is 1.86. The van der Waals surface area contributed by atoms with Gasteiger partial charge in [0.15, 0.2) is 0 Å². The van der Waals surface area contributed by atoms with Gasteiger partial charge in [-0.15, -0.1) is 11.3 Å². The van der Waals surface area contributed by atoms with Gasteiger partial charge in [-0.1, -0.05) is 6.07 Å². The summed E-state index contributed by atoms with van der Waals surface area (Å²) < 4.78 is 5.77. The van der Waals surface area contributed by atoms with Gasteiger partial charge in [-0.3, -0.25) is 0 Å². The van der Waals surface area contributed by atoms with Crippen molar-refractivity contribution >= 4 is 22.7 Å². The maximum atomic E-state index is 6.26. The molecule has 0 saturated heterocycles. The zero-order valence-electron chi connectivity index (χ0n) is 12.6. The molecule has 3 rings (SSSR count).